The summed E-state index contributed by atoms with van der Waals surface area (Å²) in [6, 6.07) is 60.4. The van der Waals surface area contributed by atoms with Crippen molar-refractivity contribution in [3.05, 3.63) is 226 Å². The van der Waals surface area contributed by atoms with Gasteiger partial charge in [-0.25, -0.2) is 9.59 Å². The fourth-order valence-corrected chi connectivity index (χ4v) is 9.89. The second-order valence-corrected chi connectivity index (χ2v) is 20.3. The lowest BCUT2D eigenvalue weighted by Crippen LogP contribution is -2.30. The Morgan fingerprint density at radius 3 is 1.29 bits per heavy atom. The van der Waals surface area contributed by atoms with Gasteiger partial charge in [0.05, 0.1) is 31.6 Å². The third-order valence-electron chi connectivity index (χ3n) is 13.0. The lowest BCUT2D eigenvalue weighted by atomic mass is 10.0. The number of hydrogen-bond donors (Lipinski definition) is 9. The number of rotatable bonds is 12. The van der Waals surface area contributed by atoms with Crippen molar-refractivity contribution in [3.63, 3.8) is 0 Å². The number of nitrogens with one attached hydrogen (secondary N) is 9. The molecule has 0 aliphatic heterocycles. The summed E-state index contributed by atoms with van der Waals surface area (Å²) >= 11 is 24.7. The molecule has 4 amide bonds. The van der Waals surface area contributed by atoms with Gasteiger partial charge in [-0.3, -0.25) is 25.9 Å². The van der Waals surface area contributed by atoms with Crippen molar-refractivity contribution in [3.8, 4) is 33.4 Å². The zero-order chi connectivity index (χ0) is 57.0. The zero-order valence-electron chi connectivity index (χ0n) is 44.1. The number of aryl methyl sites for hydroxylation is 2. The van der Waals surface area contributed by atoms with Crippen molar-refractivity contribution in [2.75, 3.05) is 27.8 Å². The molecule has 410 valence electrons. The molecular formula is C62H52Cl3N13O3S. The number of urea groups is 2. The molecule has 4 aromatic heterocycles. The third-order valence-corrected chi connectivity index (χ3v) is 14.2. The molecule has 0 fully saturated rings. The van der Waals surface area contributed by atoms with E-state index in [4.69, 9.17) is 51.5 Å². The Morgan fingerprint density at radius 1 is 0.488 bits per heavy atom. The van der Waals surface area contributed by atoms with E-state index in [0.29, 0.717) is 61.3 Å². The van der Waals surface area contributed by atoms with Crippen LogP contribution in [0.25, 0.3) is 66.1 Å². The van der Waals surface area contributed by atoms with Crippen molar-refractivity contribution in [2.24, 2.45) is 0 Å². The number of H-pyrrole nitrogens is 3. The number of benzene rings is 8. The summed E-state index contributed by atoms with van der Waals surface area (Å²) < 4.78 is 5.05. The third kappa shape index (κ3) is 13.7. The van der Waals surface area contributed by atoms with Crippen LogP contribution in [0.3, 0.4) is 0 Å². The molecule has 0 radical (unpaired) electrons. The Morgan fingerprint density at radius 2 is 0.878 bits per heavy atom. The van der Waals surface area contributed by atoms with Gasteiger partial charge in [0.2, 0.25) is 0 Å². The average Bonchev–Trinajstić information content (AvgIpc) is 4.37. The first kappa shape index (κ1) is 55.8. The van der Waals surface area contributed by atoms with Crippen molar-refractivity contribution in [2.45, 2.75) is 26.8 Å². The molecule has 20 heteroatoms. The van der Waals surface area contributed by atoms with Gasteiger partial charge in [-0.2, -0.15) is 15.3 Å². The normalized spacial score (nSPS) is 10.8. The standard InChI is InChI=1S/C22H19ClN4S.C21H17ClN4O.C19H16ClN5O2/c23-19-14-20-18(13-17(19)16-9-5-2-6-10-16)21(27-26-20)25-22(28)24-12-11-15-7-3-1-4-8-15;22-18-12-19-17(11-16(18)15-9-5-2-6-10-15)20(26-25-19)24-21(27)23-13-14-7-3-1-4-8-14;1-10-17(11(2)27-25-10)21-19(26)22-18-14-8-13(12-6-4-3-5-7-12)15(20)9-16(14)23-24-18/h1-10,13-14H,11-12H2,(H3,24,25,26,27,28);1-12H,13H2,(H3,23,24,25,26,27);3-9H,1-2H3,(H3,21,22,23,24,26). The van der Waals surface area contributed by atoms with E-state index in [2.05, 4.69) is 79.8 Å². The number of halogens is 3. The summed E-state index contributed by atoms with van der Waals surface area (Å²) in [7, 11) is 0. The van der Waals surface area contributed by atoms with E-state index in [1.54, 1.807) is 19.9 Å². The fourth-order valence-electron chi connectivity index (χ4n) is 8.88. The molecule has 0 spiro atoms. The van der Waals surface area contributed by atoms with Gasteiger partial charge in [0.1, 0.15) is 11.4 Å². The SMILES string of the molecule is Cc1noc(C)c1NC(=O)Nc1n[nH]c2cc(Cl)c(-c3ccccc3)cc12.O=C(NCc1ccccc1)Nc1n[nH]c2cc(Cl)c(-c3ccccc3)cc12.S=C(NCCc1ccccc1)Nc1n[nH]c2cc(Cl)c(-c3ccccc3)cc12. The van der Waals surface area contributed by atoms with Gasteiger partial charge >= 0.3 is 12.1 Å². The minimum atomic E-state index is -0.436. The minimum absolute atomic E-state index is 0.316. The molecular weight excluding hydrogens is 1110 g/mol. The highest BCUT2D eigenvalue weighted by molar-refractivity contribution is 7.80. The van der Waals surface area contributed by atoms with Gasteiger partial charge in [0.25, 0.3) is 0 Å². The van der Waals surface area contributed by atoms with Crippen LogP contribution in [0.15, 0.2) is 193 Å². The summed E-state index contributed by atoms with van der Waals surface area (Å²) in [5.41, 5.74) is 11.5. The van der Waals surface area contributed by atoms with Crippen LogP contribution in [0.1, 0.15) is 22.6 Å². The highest BCUT2D eigenvalue weighted by Gasteiger charge is 2.18. The molecule has 0 atom stereocenters. The van der Waals surface area contributed by atoms with Crippen LogP contribution in [-0.4, -0.2) is 59.5 Å². The van der Waals surface area contributed by atoms with Gasteiger partial charge in [0, 0.05) is 45.9 Å². The molecule has 0 bridgehead atoms. The second kappa shape index (κ2) is 26.2. The molecule has 9 N–H and O–H groups in total. The monoisotopic (exact) mass is 1160 g/mol. The predicted octanol–water partition coefficient (Wildman–Crippen LogP) is 15.7. The Kier molecular flexibility index (Phi) is 17.8. The number of nitrogens with zero attached hydrogens (tertiary/aromatic N) is 4. The fraction of sp³-hybridized carbons (Fsp3) is 0.0806. The van der Waals surface area contributed by atoms with Crippen LogP contribution < -0.4 is 31.9 Å². The van der Waals surface area contributed by atoms with E-state index in [9.17, 15) is 9.59 Å². The maximum absolute atomic E-state index is 12.4. The zero-order valence-corrected chi connectivity index (χ0v) is 47.2. The van der Waals surface area contributed by atoms with Gasteiger partial charge in [-0.05, 0) is 96.7 Å². The maximum atomic E-state index is 12.4. The topological polar surface area (TPSA) is 218 Å². The molecule has 0 aliphatic carbocycles. The quantitative estimate of drug-likeness (QED) is 0.0527. The second-order valence-electron chi connectivity index (χ2n) is 18.6. The number of aromatic nitrogens is 7. The number of anilines is 4. The van der Waals surface area contributed by atoms with E-state index in [1.165, 1.54) is 5.56 Å². The molecule has 16 nitrogen and oxygen atoms in total. The number of aromatic amines is 3. The molecule has 82 heavy (non-hydrogen) atoms. The predicted molar refractivity (Wildman–Crippen MR) is 335 cm³/mol. The first-order chi connectivity index (χ1) is 39.9. The Balaban J connectivity index is 0.000000138. The number of carbonyl (C=O) groups excluding carboxylic acids is 2. The lowest BCUT2D eigenvalue weighted by Gasteiger charge is -2.10. The van der Waals surface area contributed by atoms with Crippen LogP contribution in [0, 0.1) is 13.8 Å². The molecule has 0 saturated heterocycles. The van der Waals surface area contributed by atoms with E-state index < -0.39 is 6.03 Å². The van der Waals surface area contributed by atoms with Crippen LogP contribution >= 0.6 is 47.0 Å². The first-order valence-corrected chi connectivity index (χ1v) is 27.4. The first-order valence-electron chi connectivity index (χ1n) is 25.8. The van der Waals surface area contributed by atoms with Crippen molar-refractivity contribution in [1.29, 1.82) is 0 Å². The van der Waals surface area contributed by atoms with Gasteiger partial charge in [0.15, 0.2) is 28.3 Å². The smallest absolute Gasteiger partial charge is 0.325 e. The highest BCUT2D eigenvalue weighted by atomic mass is 35.5. The van der Waals surface area contributed by atoms with E-state index >= 15 is 0 Å². The summed E-state index contributed by atoms with van der Waals surface area (Å²) in [6.07, 6.45) is 0.901. The number of fused-ring (bicyclic) bond motifs is 3. The van der Waals surface area contributed by atoms with E-state index in [-0.39, 0.29) is 6.03 Å². The van der Waals surface area contributed by atoms with Crippen LogP contribution in [0.5, 0.6) is 0 Å². The number of hydrogen-bond acceptors (Lipinski definition) is 8. The summed E-state index contributed by atoms with van der Waals surface area (Å²) in [4.78, 5) is 24.6. The molecule has 12 aromatic rings. The largest absolute Gasteiger partial charge is 0.362 e. The Bertz CT molecular complexity index is 4140. The summed E-state index contributed by atoms with van der Waals surface area (Å²) in [6.45, 7) is 4.67. The highest BCUT2D eigenvalue weighted by Crippen LogP contribution is 2.37. The van der Waals surface area contributed by atoms with Crippen LogP contribution in [0.2, 0.25) is 15.1 Å². The van der Waals surface area contributed by atoms with Crippen molar-refractivity contribution < 1.29 is 14.1 Å². The Hall–Kier alpha value is -9.52. The molecule has 0 aliphatic rings. The maximum Gasteiger partial charge on any atom is 0.325 e. The van der Waals surface area contributed by atoms with E-state index in [1.807, 2.05) is 170 Å². The van der Waals surface area contributed by atoms with Gasteiger partial charge in [-0.15, -0.1) is 0 Å². The number of thiocarbonyl (C=S) groups is 1. The lowest BCUT2D eigenvalue weighted by molar-refractivity contribution is 0.251. The van der Waals surface area contributed by atoms with E-state index in [0.717, 1.165) is 84.6 Å². The molecule has 0 saturated carbocycles. The van der Waals surface area contributed by atoms with Crippen molar-refractivity contribution >= 4 is 120 Å². The van der Waals surface area contributed by atoms with Crippen LogP contribution in [-0.2, 0) is 13.0 Å². The van der Waals surface area contributed by atoms with Crippen LogP contribution in [0.4, 0.5) is 32.7 Å². The minimum Gasteiger partial charge on any atom is -0.362 e. The average molecular weight is 1170 g/mol. The number of carbonyl (C=O) groups is 2. The van der Waals surface area contributed by atoms with Crippen molar-refractivity contribution in [1.82, 2.24) is 46.4 Å². The number of amides is 4. The molecule has 8 aromatic carbocycles. The Labute approximate surface area is 491 Å². The van der Waals surface area contributed by atoms with Gasteiger partial charge in [-0.1, -0.05) is 192 Å². The molecule has 12 rings (SSSR count). The molecule has 4 heterocycles. The summed E-state index contributed by atoms with van der Waals surface area (Å²) in [5, 5.41) is 47.8. The summed E-state index contributed by atoms with van der Waals surface area (Å²) in [5.74, 6) is 2.08. The molecule has 0 unspecified atom stereocenters. The van der Waals surface area contributed by atoms with Gasteiger partial charge < -0.3 is 25.8 Å².